The van der Waals surface area contributed by atoms with Crippen molar-refractivity contribution in [1.82, 2.24) is 0 Å². The molecule has 0 unspecified atom stereocenters. The van der Waals surface area contributed by atoms with Crippen LogP contribution in [0.4, 0.5) is 13.6 Å². The number of carbonyl (C=O) groups excluding carboxylic acids is 1. The number of carbonyl (C=O) groups is 1. The fourth-order valence-electron chi connectivity index (χ4n) is 0.249. The standard InChI is InChI=1S/C4H7F2NO2/c5-3(6)1-2-9-4(7)8/h3H,1-2H2,(H2,7,8). The molecular formula is C4H7F2NO2. The van der Waals surface area contributed by atoms with Gasteiger partial charge in [-0.25, -0.2) is 13.6 Å². The van der Waals surface area contributed by atoms with Gasteiger partial charge in [0.05, 0.1) is 6.61 Å². The Morgan fingerprint density at radius 1 is 1.67 bits per heavy atom. The second-order valence-electron chi connectivity index (χ2n) is 1.35. The Morgan fingerprint density at radius 3 is 2.56 bits per heavy atom. The van der Waals surface area contributed by atoms with E-state index in [1.165, 1.54) is 0 Å². The van der Waals surface area contributed by atoms with Gasteiger partial charge < -0.3 is 10.5 Å². The van der Waals surface area contributed by atoms with Gasteiger partial charge in [0.1, 0.15) is 0 Å². The molecule has 0 radical (unpaired) electrons. The zero-order valence-corrected chi connectivity index (χ0v) is 4.64. The molecule has 5 heteroatoms. The summed E-state index contributed by atoms with van der Waals surface area (Å²) < 4.78 is 26.5. The number of hydrogen-bond acceptors (Lipinski definition) is 2. The first-order valence-corrected chi connectivity index (χ1v) is 2.33. The molecule has 0 heterocycles. The molecular weight excluding hydrogens is 132 g/mol. The Bertz CT molecular complexity index is 96.6. The molecule has 0 aliphatic heterocycles. The maximum absolute atomic E-state index is 11.3. The summed E-state index contributed by atoms with van der Waals surface area (Å²) in [6, 6.07) is 0. The molecule has 0 aliphatic rings. The fourth-order valence-corrected chi connectivity index (χ4v) is 0.249. The lowest BCUT2D eigenvalue weighted by Crippen LogP contribution is -2.14. The Morgan fingerprint density at radius 2 is 2.22 bits per heavy atom. The maximum atomic E-state index is 11.3. The van der Waals surface area contributed by atoms with Crippen molar-refractivity contribution < 1.29 is 18.3 Å². The van der Waals surface area contributed by atoms with E-state index in [0.29, 0.717) is 0 Å². The van der Waals surface area contributed by atoms with Gasteiger partial charge in [0.25, 0.3) is 0 Å². The van der Waals surface area contributed by atoms with E-state index in [1.54, 1.807) is 0 Å². The number of rotatable bonds is 3. The molecule has 0 aromatic heterocycles. The molecule has 0 aromatic rings. The third-order valence-electron chi connectivity index (χ3n) is 0.580. The molecule has 0 saturated heterocycles. The Hall–Kier alpha value is -0.870. The number of ether oxygens (including phenoxy) is 1. The van der Waals surface area contributed by atoms with Crippen molar-refractivity contribution in [3.63, 3.8) is 0 Å². The van der Waals surface area contributed by atoms with E-state index in [0.717, 1.165) is 0 Å². The van der Waals surface area contributed by atoms with E-state index < -0.39 is 18.9 Å². The van der Waals surface area contributed by atoms with Crippen LogP contribution in [0.3, 0.4) is 0 Å². The molecule has 0 atom stereocenters. The van der Waals surface area contributed by atoms with Crippen molar-refractivity contribution in [3.8, 4) is 0 Å². The first-order chi connectivity index (χ1) is 4.13. The Labute approximate surface area is 50.8 Å². The molecule has 0 aliphatic carbocycles. The van der Waals surface area contributed by atoms with E-state index in [-0.39, 0.29) is 6.61 Å². The highest BCUT2D eigenvalue weighted by molar-refractivity contribution is 5.64. The molecule has 1 amide bonds. The predicted molar refractivity (Wildman–Crippen MR) is 26.2 cm³/mol. The molecule has 54 valence electrons. The predicted octanol–water partition coefficient (Wildman–Crippen LogP) is 0.737. The van der Waals surface area contributed by atoms with Gasteiger partial charge in [-0.15, -0.1) is 0 Å². The van der Waals surface area contributed by atoms with Gasteiger partial charge in [-0.05, 0) is 0 Å². The van der Waals surface area contributed by atoms with Crippen molar-refractivity contribution in [2.75, 3.05) is 6.61 Å². The molecule has 9 heavy (non-hydrogen) atoms. The molecule has 0 saturated carbocycles. The van der Waals surface area contributed by atoms with Crippen molar-refractivity contribution in [1.29, 1.82) is 0 Å². The van der Waals surface area contributed by atoms with Gasteiger partial charge in [0.15, 0.2) is 0 Å². The zero-order valence-electron chi connectivity index (χ0n) is 4.64. The van der Waals surface area contributed by atoms with Crippen molar-refractivity contribution >= 4 is 6.09 Å². The molecule has 0 bridgehead atoms. The first-order valence-electron chi connectivity index (χ1n) is 2.33. The lowest BCUT2D eigenvalue weighted by Gasteiger charge is -1.98. The average molecular weight is 139 g/mol. The van der Waals surface area contributed by atoms with Gasteiger partial charge in [-0.2, -0.15) is 0 Å². The molecule has 2 N–H and O–H groups in total. The second-order valence-corrected chi connectivity index (χ2v) is 1.35. The lowest BCUT2D eigenvalue weighted by molar-refractivity contribution is 0.0932. The van der Waals surface area contributed by atoms with Crippen LogP contribution in [0.25, 0.3) is 0 Å². The molecule has 0 aromatic carbocycles. The van der Waals surface area contributed by atoms with Crippen LogP contribution in [0.2, 0.25) is 0 Å². The summed E-state index contributed by atoms with van der Waals surface area (Å²) in [7, 11) is 0. The minimum atomic E-state index is -2.44. The zero-order chi connectivity index (χ0) is 7.28. The SMILES string of the molecule is NC(=O)OCCC(F)F. The van der Waals surface area contributed by atoms with E-state index in [9.17, 15) is 13.6 Å². The van der Waals surface area contributed by atoms with E-state index in [1.807, 2.05) is 0 Å². The minimum Gasteiger partial charge on any atom is -0.449 e. The van der Waals surface area contributed by atoms with Crippen molar-refractivity contribution in [3.05, 3.63) is 0 Å². The second kappa shape index (κ2) is 4.05. The highest BCUT2D eigenvalue weighted by Gasteiger charge is 2.02. The first kappa shape index (κ1) is 8.13. The molecule has 0 rings (SSSR count). The number of halogens is 2. The highest BCUT2D eigenvalue weighted by atomic mass is 19.3. The topological polar surface area (TPSA) is 52.3 Å². The average Bonchev–Trinajstić information content (AvgIpc) is 1.63. The van der Waals surface area contributed by atoms with E-state index in [2.05, 4.69) is 10.5 Å². The van der Waals surface area contributed by atoms with Crippen LogP contribution < -0.4 is 5.73 Å². The van der Waals surface area contributed by atoms with Crippen LogP contribution in [0.1, 0.15) is 6.42 Å². The van der Waals surface area contributed by atoms with Gasteiger partial charge in [0, 0.05) is 6.42 Å². The maximum Gasteiger partial charge on any atom is 0.404 e. The summed E-state index contributed by atoms with van der Waals surface area (Å²) in [6.07, 6.45) is -3.91. The Balaban J connectivity index is 3.01. The van der Waals surface area contributed by atoms with Crippen LogP contribution in [0.15, 0.2) is 0 Å². The summed E-state index contributed by atoms with van der Waals surface area (Å²) >= 11 is 0. The highest BCUT2D eigenvalue weighted by Crippen LogP contribution is 1.97. The van der Waals surface area contributed by atoms with Crippen LogP contribution in [-0.4, -0.2) is 19.1 Å². The Kier molecular flexibility index (Phi) is 3.66. The van der Waals surface area contributed by atoms with Crippen LogP contribution in [0, 0.1) is 0 Å². The normalized spacial score (nSPS) is 9.67. The number of alkyl halides is 2. The van der Waals surface area contributed by atoms with Gasteiger partial charge in [0.2, 0.25) is 6.43 Å². The fraction of sp³-hybridized carbons (Fsp3) is 0.750. The summed E-state index contributed by atoms with van der Waals surface area (Å²) in [5, 5.41) is 0. The summed E-state index contributed by atoms with van der Waals surface area (Å²) in [5.41, 5.74) is 4.47. The largest absolute Gasteiger partial charge is 0.449 e. The van der Waals surface area contributed by atoms with Crippen molar-refractivity contribution in [2.24, 2.45) is 5.73 Å². The van der Waals surface area contributed by atoms with Crippen LogP contribution in [0.5, 0.6) is 0 Å². The quantitative estimate of drug-likeness (QED) is 0.626. The number of nitrogens with two attached hydrogens (primary N) is 1. The lowest BCUT2D eigenvalue weighted by atomic mass is 10.5. The third-order valence-corrected chi connectivity index (χ3v) is 0.580. The van der Waals surface area contributed by atoms with Gasteiger partial charge >= 0.3 is 6.09 Å². The summed E-state index contributed by atoms with van der Waals surface area (Å²) in [5.74, 6) is 0. The van der Waals surface area contributed by atoms with Crippen LogP contribution >= 0.6 is 0 Å². The van der Waals surface area contributed by atoms with Crippen molar-refractivity contribution in [2.45, 2.75) is 12.8 Å². The molecule has 3 nitrogen and oxygen atoms in total. The van der Waals surface area contributed by atoms with E-state index >= 15 is 0 Å². The number of hydrogen-bond donors (Lipinski definition) is 1. The van der Waals surface area contributed by atoms with Crippen LogP contribution in [-0.2, 0) is 4.74 Å². The van der Waals surface area contributed by atoms with E-state index in [4.69, 9.17) is 0 Å². The third kappa shape index (κ3) is 7.13. The smallest absolute Gasteiger partial charge is 0.404 e. The summed E-state index contributed by atoms with van der Waals surface area (Å²) in [4.78, 5) is 9.74. The summed E-state index contributed by atoms with van der Waals surface area (Å²) in [6.45, 7) is -0.312. The van der Waals surface area contributed by atoms with Gasteiger partial charge in [-0.3, -0.25) is 0 Å². The molecule has 0 spiro atoms. The monoisotopic (exact) mass is 139 g/mol. The molecule has 0 fully saturated rings. The number of amides is 1. The van der Waals surface area contributed by atoms with Gasteiger partial charge in [-0.1, -0.05) is 0 Å². The minimum absolute atomic E-state index is 0.312. The number of primary amides is 1.